The summed E-state index contributed by atoms with van der Waals surface area (Å²) in [7, 11) is 3.00. The molecule has 0 aliphatic heterocycles. The molecule has 2 aliphatic carbocycles. The second-order valence-corrected chi connectivity index (χ2v) is 6.92. The molecule has 0 radical (unpaired) electrons. The second kappa shape index (κ2) is 5.22. The molecule has 1 aromatic rings. The Hall–Kier alpha value is -2.10. The lowest BCUT2D eigenvalue weighted by molar-refractivity contribution is -0.156. The van der Waals surface area contributed by atoms with E-state index in [1.807, 2.05) is 24.3 Å². The summed E-state index contributed by atoms with van der Waals surface area (Å²) in [6, 6.07) is 7.88. The molecule has 2 saturated carbocycles. The zero-order chi connectivity index (χ0) is 16.8. The molecule has 23 heavy (non-hydrogen) atoms. The van der Waals surface area contributed by atoms with Crippen molar-refractivity contribution in [2.75, 3.05) is 14.2 Å². The number of hydrogen-bond donors (Lipinski definition) is 0. The van der Waals surface area contributed by atoms with E-state index in [4.69, 9.17) is 9.47 Å². The summed E-state index contributed by atoms with van der Waals surface area (Å²) in [4.78, 5) is 24.7. The van der Waals surface area contributed by atoms with Gasteiger partial charge in [-0.05, 0) is 48.4 Å². The van der Waals surface area contributed by atoms with Gasteiger partial charge in [0.1, 0.15) is 11.2 Å². The van der Waals surface area contributed by atoms with Crippen LogP contribution in [0.1, 0.15) is 38.7 Å². The van der Waals surface area contributed by atoms with Gasteiger partial charge in [-0.3, -0.25) is 9.59 Å². The van der Waals surface area contributed by atoms with Gasteiger partial charge in [0.2, 0.25) is 0 Å². The van der Waals surface area contributed by atoms with E-state index in [0.717, 1.165) is 16.9 Å². The maximum Gasteiger partial charge on any atom is 0.319 e. The molecule has 2 bridgehead atoms. The average Bonchev–Trinajstić information content (AvgIpc) is 3.01. The summed E-state index contributed by atoms with van der Waals surface area (Å²) in [5, 5.41) is 0. The Morgan fingerprint density at radius 2 is 1.96 bits per heavy atom. The number of ketones is 1. The number of hydrogen-bond acceptors (Lipinski definition) is 4. The van der Waals surface area contributed by atoms with Crippen molar-refractivity contribution in [3.8, 4) is 5.75 Å². The third kappa shape index (κ3) is 2.19. The minimum atomic E-state index is -0.973. The Morgan fingerprint density at radius 1 is 1.22 bits per heavy atom. The summed E-state index contributed by atoms with van der Waals surface area (Å²) >= 11 is 0. The normalized spacial score (nSPS) is 31.2. The Bertz CT molecular complexity index is 708. The number of esters is 1. The van der Waals surface area contributed by atoms with Crippen molar-refractivity contribution in [2.45, 2.75) is 33.1 Å². The van der Waals surface area contributed by atoms with E-state index in [0.29, 0.717) is 19.3 Å². The van der Waals surface area contributed by atoms with E-state index < -0.39 is 5.41 Å². The number of methoxy groups -OCH3 is 2. The predicted molar refractivity (Wildman–Crippen MR) is 87.0 cm³/mol. The van der Waals surface area contributed by atoms with Crippen LogP contribution >= 0.6 is 0 Å². The predicted octanol–water partition coefficient (Wildman–Crippen LogP) is 3.40. The van der Waals surface area contributed by atoms with Crippen LogP contribution in [0, 0.1) is 10.8 Å². The molecule has 2 atom stereocenters. The smallest absolute Gasteiger partial charge is 0.319 e. The lowest BCUT2D eigenvalue weighted by atomic mass is 9.75. The Balaban J connectivity index is 2.07. The van der Waals surface area contributed by atoms with E-state index in [9.17, 15) is 9.59 Å². The third-order valence-corrected chi connectivity index (χ3v) is 5.52. The summed E-state index contributed by atoms with van der Waals surface area (Å²) in [6.07, 6.45) is 1.44. The van der Waals surface area contributed by atoms with Crippen LogP contribution in [0.2, 0.25) is 0 Å². The topological polar surface area (TPSA) is 52.6 Å². The summed E-state index contributed by atoms with van der Waals surface area (Å²) in [6.45, 7) is 4.15. The molecule has 0 aromatic heterocycles. The molecule has 4 heteroatoms. The van der Waals surface area contributed by atoms with Crippen molar-refractivity contribution < 1.29 is 19.1 Å². The van der Waals surface area contributed by atoms with Crippen LogP contribution in [0.3, 0.4) is 0 Å². The van der Waals surface area contributed by atoms with Gasteiger partial charge < -0.3 is 9.47 Å². The molecule has 0 unspecified atom stereocenters. The van der Waals surface area contributed by atoms with Crippen molar-refractivity contribution in [3.63, 3.8) is 0 Å². The van der Waals surface area contributed by atoms with Crippen LogP contribution in [-0.2, 0) is 14.3 Å². The van der Waals surface area contributed by atoms with Crippen molar-refractivity contribution in [3.05, 3.63) is 35.4 Å². The molecule has 0 N–H and O–H groups in total. The fourth-order valence-electron chi connectivity index (χ4n) is 4.31. The van der Waals surface area contributed by atoms with E-state index in [1.54, 1.807) is 7.11 Å². The zero-order valence-electron chi connectivity index (χ0n) is 14.1. The van der Waals surface area contributed by atoms with E-state index in [-0.39, 0.29) is 17.2 Å². The lowest BCUT2D eigenvalue weighted by Crippen LogP contribution is -2.36. The second-order valence-electron chi connectivity index (χ2n) is 6.92. The monoisotopic (exact) mass is 314 g/mol. The first-order chi connectivity index (χ1) is 10.9. The zero-order valence-corrected chi connectivity index (χ0v) is 14.1. The fraction of sp³-hybridized carbons (Fsp3) is 0.474. The lowest BCUT2D eigenvalue weighted by Gasteiger charge is -2.28. The molecule has 2 aliphatic rings. The molecule has 0 spiro atoms. The highest BCUT2D eigenvalue weighted by atomic mass is 16.5. The molecular weight excluding hydrogens is 292 g/mol. The number of allylic oxidation sites excluding steroid dienone is 2. The van der Waals surface area contributed by atoms with Crippen molar-refractivity contribution >= 4 is 17.3 Å². The highest BCUT2D eigenvalue weighted by Crippen LogP contribution is 2.64. The Kier molecular flexibility index (Phi) is 3.58. The molecule has 122 valence electrons. The van der Waals surface area contributed by atoms with Crippen LogP contribution < -0.4 is 4.74 Å². The molecular formula is C19H22O4. The molecule has 0 saturated heterocycles. The van der Waals surface area contributed by atoms with Gasteiger partial charge in [0, 0.05) is 6.42 Å². The van der Waals surface area contributed by atoms with Crippen LogP contribution in [0.5, 0.6) is 5.75 Å². The van der Waals surface area contributed by atoms with Gasteiger partial charge in [-0.2, -0.15) is 0 Å². The number of benzene rings is 1. The minimum Gasteiger partial charge on any atom is -0.497 e. The molecule has 0 heterocycles. The van der Waals surface area contributed by atoms with Gasteiger partial charge in [0.15, 0.2) is 5.78 Å². The van der Waals surface area contributed by atoms with Crippen molar-refractivity contribution in [1.82, 2.24) is 0 Å². The number of Topliss-reactive ketones (excluding diaryl/α,β-unsaturated/α-hetero) is 1. The van der Waals surface area contributed by atoms with Gasteiger partial charge in [-0.25, -0.2) is 0 Å². The molecule has 0 amide bonds. The van der Waals surface area contributed by atoms with E-state index >= 15 is 0 Å². The average molecular weight is 314 g/mol. The van der Waals surface area contributed by atoms with Gasteiger partial charge in [0.05, 0.1) is 14.2 Å². The fourth-order valence-corrected chi connectivity index (χ4v) is 4.31. The SMILES string of the molecule is COC(=O)[C@]12C/C(=C(\C)c3cccc(OC)c3)[C@](C)(CC1=O)C2. The minimum absolute atomic E-state index is 0.0223. The maximum absolute atomic E-state index is 12.4. The molecule has 3 rings (SSSR count). The number of fused-ring (bicyclic) bond motifs is 2. The first-order valence-corrected chi connectivity index (χ1v) is 7.83. The highest BCUT2D eigenvalue weighted by molar-refractivity contribution is 6.08. The van der Waals surface area contributed by atoms with Gasteiger partial charge >= 0.3 is 5.97 Å². The van der Waals surface area contributed by atoms with Crippen molar-refractivity contribution in [2.24, 2.45) is 10.8 Å². The quantitative estimate of drug-likeness (QED) is 0.634. The number of carbonyl (C=O) groups is 2. The van der Waals surface area contributed by atoms with Gasteiger partial charge in [-0.15, -0.1) is 0 Å². The van der Waals surface area contributed by atoms with Crippen LogP contribution in [0.4, 0.5) is 0 Å². The Labute approximate surface area is 136 Å². The standard InChI is InChI=1S/C19H22O4/c1-12(13-6-5-7-14(8-13)22-3)15-9-19(17(21)23-4)11-18(15,2)10-16(19)20/h5-8H,9-11H2,1-4H3/b15-12-/t18-,19+/m1/s1. The number of carbonyl (C=O) groups excluding carboxylic acids is 2. The van der Waals surface area contributed by atoms with E-state index in [1.165, 1.54) is 12.7 Å². The van der Waals surface area contributed by atoms with Gasteiger partial charge in [0.25, 0.3) is 0 Å². The molecule has 4 nitrogen and oxygen atoms in total. The maximum atomic E-state index is 12.4. The van der Waals surface area contributed by atoms with Gasteiger partial charge in [-0.1, -0.05) is 24.6 Å². The molecule has 1 aromatic carbocycles. The first kappa shape index (κ1) is 15.8. The Morgan fingerprint density at radius 3 is 2.61 bits per heavy atom. The summed E-state index contributed by atoms with van der Waals surface area (Å²) < 4.78 is 10.2. The van der Waals surface area contributed by atoms with Crippen LogP contribution in [-0.4, -0.2) is 26.0 Å². The van der Waals surface area contributed by atoms with Crippen LogP contribution in [0.25, 0.3) is 5.57 Å². The number of rotatable bonds is 3. The highest BCUT2D eigenvalue weighted by Gasteiger charge is 2.65. The largest absolute Gasteiger partial charge is 0.497 e. The first-order valence-electron chi connectivity index (χ1n) is 7.83. The van der Waals surface area contributed by atoms with E-state index in [2.05, 4.69) is 13.8 Å². The van der Waals surface area contributed by atoms with Crippen LogP contribution in [0.15, 0.2) is 29.8 Å². The number of ether oxygens (including phenoxy) is 2. The third-order valence-electron chi connectivity index (χ3n) is 5.52. The van der Waals surface area contributed by atoms with Crippen molar-refractivity contribution in [1.29, 1.82) is 0 Å². The summed E-state index contributed by atoms with van der Waals surface area (Å²) in [5.74, 6) is 0.434. The summed E-state index contributed by atoms with van der Waals surface area (Å²) in [5.41, 5.74) is 2.17. The molecule has 2 fully saturated rings.